The highest BCUT2D eigenvalue weighted by atomic mass is 35.5. The van der Waals surface area contributed by atoms with Crippen molar-refractivity contribution in [1.29, 1.82) is 0 Å². The fourth-order valence-corrected chi connectivity index (χ4v) is 2.47. The molecule has 1 heterocycles. The average Bonchev–Trinajstić information content (AvgIpc) is 3.12. The number of aryl methyl sites for hydroxylation is 1. The number of aliphatic hydroxyl groups is 1. The highest BCUT2D eigenvalue weighted by Crippen LogP contribution is 2.35. The molecule has 27 heavy (non-hydrogen) atoms. The zero-order chi connectivity index (χ0) is 18.5. The summed E-state index contributed by atoms with van der Waals surface area (Å²) in [5, 5.41) is 12.6. The Balaban J connectivity index is 0.00000261. The number of hydrogen-bond acceptors (Lipinski definition) is 6. The van der Waals surface area contributed by atoms with Crippen molar-refractivity contribution in [3.63, 3.8) is 0 Å². The molecule has 0 saturated carbocycles. The number of benzene rings is 2. The molecule has 2 aromatic rings. The SMILES string of the molecule is Cc1ccc(C(N)C(=O)NCC(O)COc2ccc3c(c2)OCO3)cc1.Cl. The Labute approximate surface area is 163 Å². The van der Waals surface area contributed by atoms with Gasteiger partial charge in [-0.1, -0.05) is 29.8 Å². The van der Waals surface area contributed by atoms with E-state index in [4.69, 9.17) is 19.9 Å². The third-order valence-corrected chi connectivity index (χ3v) is 4.02. The van der Waals surface area contributed by atoms with E-state index in [2.05, 4.69) is 5.32 Å². The van der Waals surface area contributed by atoms with Crippen LogP contribution >= 0.6 is 12.4 Å². The van der Waals surface area contributed by atoms with Gasteiger partial charge in [0.05, 0.1) is 0 Å². The molecular weight excluding hydrogens is 372 g/mol. The maximum Gasteiger partial charge on any atom is 0.241 e. The van der Waals surface area contributed by atoms with Gasteiger partial charge in [-0.2, -0.15) is 0 Å². The summed E-state index contributed by atoms with van der Waals surface area (Å²) in [5.41, 5.74) is 7.76. The third-order valence-electron chi connectivity index (χ3n) is 4.02. The monoisotopic (exact) mass is 394 g/mol. The largest absolute Gasteiger partial charge is 0.491 e. The number of ether oxygens (including phenoxy) is 3. The van der Waals surface area contributed by atoms with E-state index in [-0.39, 0.29) is 38.3 Å². The third kappa shape index (κ3) is 5.50. The van der Waals surface area contributed by atoms with Crippen molar-refractivity contribution in [2.24, 2.45) is 5.73 Å². The van der Waals surface area contributed by atoms with Gasteiger partial charge in [-0.25, -0.2) is 0 Å². The van der Waals surface area contributed by atoms with Crippen molar-refractivity contribution in [1.82, 2.24) is 5.32 Å². The van der Waals surface area contributed by atoms with Gasteiger partial charge in [-0.05, 0) is 24.6 Å². The average molecular weight is 395 g/mol. The molecule has 0 spiro atoms. The van der Waals surface area contributed by atoms with Gasteiger partial charge < -0.3 is 30.4 Å². The number of rotatable bonds is 7. The number of halogens is 1. The number of aliphatic hydroxyl groups excluding tert-OH is 1. The number of nitrogens with one attached hydrogen (secondary N) is 1. The van der Waals surface area contributed by atoms with E-state index in [1.165, 1.54) is 0 Å². The Morgan fingerprint density at radius 2 is 1.93 bits per heavy atom. The first-order valence-electron chi connectivity index (χ1n) is 8.33. The summed E-state index contributed by atoms with van der Waals surface area (Å²) < 4.78 is 16.0. The zero-order valence-electron chi connectivity index (χ0n) is 14.9. The first-order valence-corrected chi connectivity index (χ1v) is 8.33. The molecule has 1 aliphatic rings. The molecule has 1 aliphatic heterocycles. The molecule has 4 N–H and O–H groups in total. The molecule has 0 aromatic heterocycles. The van der Waals surface area contributed by atoms with Crippen LogP contribution in [-0.2, 0) is 4.79 Å². The van der Waals surface area contributed by atoms with Gasteiger partial charge in [0.1, 0.15) is 24.5 Å². The summed E-state index contributed by atoms with van der Waals surface area (Å²) in [7, 11) is 0. The Morgan fingerprint density at radius 1 is 1.22 bits per heavy atom. The lowest BCUT2D eigenvalue weighted by Crippen LogP contribution is -2.40. The van der Waals surface area contributed by atoms with Gasteiger partial charge in [0, 0.05) is 12.6 Å². The Bertz CT molecular complexity index is 769. The van der Waals surface area contributed by atoms with Crippen molar-refractivity contribution in [3.05, 3.63) is 53.6 Å². The summed E-state index contributed by atoms with van der Waals surface area (Å²) in [5.74, 6) is 1.47. The molecule has 3 rings (SSSR count). The van der Waals surface area contributed by atoms with E-state index >= 15 is 0 Å². The van der Waals surface area contributed by atoms with Gasteiger partial charge in [-0.15, -0.1) is 12.4 Å². The van der Waals surface area contributed by atoms with Gasteiger partial charge in [0.25, 0.3) is 0 Å². The van der Waals surface area contributed by atoms with Crippen LogP contribution in [-0.4, -0.2) is 37.1 Å². The summed E-state index contributed by atoms with van der Waals surface area (Å²) >= 11 is 0. The van der Waals surface area contributed by atoms with E-state index in [1.807, 2.05) is 31.2 Å². The van der Waals surface area contributed by atoms with E-state index < -0.39 is 12.1 Å². The second-order valence-electron chi connectivity index (χ2n) is 6.11. The van der Waals surface area contributed by atoms with Crippen molar-refractivity contribution in [3.8, 4) is 17.2 Å². The molecule has 146 valence electrons. The zero-order valence-corrected chi connectivity index (χ0v) is 15.7. The fraction of sp³-hybridized carbons (Fsp3) is 0.316. The maximum atomic E-state index is 12.1. The number of fused-ring (bicyclic) bond motifs is 1. The summed E-state index contributed by atoms with van der Waals surface area (Å²) in [4.78, 5) is 12.1. The van der Waals surface area contributed by atoms with Crippen LogP contribution in [0, 0.1) is 6.92 Å². The van der Waals surface area contributed by atoms with Crippen LogP contribution in [0.5, 0.6) is 17.2 Å². The van der Waals surface area contributed by atoms with Crippen LogP contribution in [0.15, 0.2) is 42.5 Å². The molecule has 0 bridgehead atoms. The highest BCUT2D eigenvalue weighted by molar-refractivity contribution is 5.85. The number of carbonyl (C=O) groups excluding carboxylic acids is 1. The first kappa shape index (κ1) is 20.8. The Morgan fingerprint density at radius 3 is 2.67 bits per heavy atom. The van der Waals surface area contributed by atoms with Crippen molar-refractivity contribution < 1.29 is 24.1 Å². The van der Waals surface area contributed by atoms with Gasteiger partial charge >= 0.3 is 0 Å². The maximum absolute atomic E-state index is 12.1. The van der Waals surface area contributed by atoms with Crippen LogP contribution in [0.2, 0.25) is 0 Å². The lowest BCUT2D eigenvalue weighted by atomic mass is 10.1. The molecule has 0 fully saturated rings. The minimum Gasteiger partial charge on any atom is -0.491 e. The van der Waals surface area contributed by atoms with Gasteiger partial charge in [-0.3, -0.25) is 4.79 Å². The second kappa shape index (κ2) is 9.45. The number of hydrogen-bond donors (Lipinski definition) is 3. The van der Waals surface area contributed by atoms with E-state index in [0.717, 1.165) is 11.1 Å². The van der Waals surface area contributed by atoms with Crippen molar-refractivity contribution in [2.75, 3.05) is 19.9 Å². The Kier molecular flexibility index (Phi) is 7.29. The normalized spacial score (nSPS) is 14.0. The van der Waals surface area contributed by atoms with Crippen LogP contribution in [0.25, 0.3) is 0 Å². The van der Waals surface area contributed by atoms with Crippen LogP contribution in [0.4, 0.5) is 0 Å². The quantitative estimate of drug-likeness (QED) is 0.660. The minimum atomic E-state index is -0.866. The number of carbonyl (C=O) groups is 1. The summed E-state index contributed by atoms with van der Waals surface area (Å²) in [6, 6.07) is 11.8. The van der Waals surface area contributed by atoms with Crippen molar-refractivity contribution in [2.45, 2.75) is 19.1 Å². The molecule has 0 saturated heterocycles. The van der Waals surface area contributed by atoms with Crippen LogP contribution in [0.3, 0.4) is 0 Å². The van der Waals surface area contributed by atoms with Crippen molar-refractivity contribution >= 4 is 18.3 Å². The topological polar surface area (TPSA) is 103 Å². The molecule has 1 amide bonds. The van der Waals surface area contributed by atoms with E-state index in [0.29, 0.717) is 17.2 Å². The van der Waals surface area contributed by atoms with Crippen LogP contribution in [0.1, 0.15) is 17.2 Å². The minimum absolute atomic E-state index is 0. The molecule has 0 radical (unpaired) electrons. The lowest BCUT2D eigenvalue weighted by molar-refractivity contribution is -0.123. The molecule has 7 nitrogen and oxygen atoms in total. The standard InChI is InChI=1S/C19H22N2O5.ClH/c1-12-2-4-13(5-3-12)18(20)19(23)21-9-14(22)10-24-15-6-7-16-17(8-15)26-11-25-16;/h2-8,14,18,22H,9-11,20H2,1H3,(H,21,23);1H. The predicted octanol–water partition coefficient (Wildman–Crippen LogP) is 1.70. The first-order chi connectivity index (χ1) is 12.5. The summed E-state index contributed by atoms with van der Waals surface area (Å²) in [6.45, 7) is 2.23. The second-order valence-corrected chi connectivity index (χ2v) is 6.11. The number of amides is 1. The molecule has 2 unspecified atom stereocenters. The van der Waals surface area contributed by atoms with E-state index in [9.17, 15) is 9.90 Å². The highest BCUT2D eigenvalue weighted by Gasteiger charge is 2.17. The number of nitrogens with two attached hydrogens (primary N) is 1. The Hall–Kier alpha value is -2.48. The fourth-order valence-electron chi connectivity index (χ4n) is 2.47. The summed E-state index contributed by atoms with van der Waals surface area (Å²) in [6.07, 6.45) is -0.866. The molecular formula is C19H23ClN2O5. The van der Waals surface area contributed by atoms with E-state index in [1.54, 1.807) is 18.2 Å². The van der Waals surface area contributed by atoms with Gasteiger partial charge in [0.2, 0.25) is 12.7 Å². The molecule has 8 heteroatoms. The molecule has 0 aliphatic carbocycles. The lowest BCUT2D eigenvalue weighted by Gasteiger charge is -2.16. The molecule has 2 aromatic carbocycles. The molecule has 2 atom stereocenters. The predicted molar refractivity (Wildman–Crippen MR) is 102 cm³/mol. The van der Waals surface area contributed by atoms with Crippen LogP contribution < -0.4 is 25.3 Å². The van der Waals surface area contributed by atoms with Gasteiger partial charge in [0.15, 0.2) is 11.5 Å². The smallest absolute Gasteiger partial charge is 0.241 e.